The van der Waals surface area contributed by atoms with Crippen LogP contribution in [0.25, 0.3) is 0 Å². The summed E-state index contributed by atoms with van der Waals surface area (Å²) in [5.74, 6) is -0.352. The lowest BCUT2D eigenvalue weighted by Gasteiger charge is -2.36. The van der Waals surface area contributed by atoms with Gasteiger partial charge in [-0.25, -0.2) is 0 Å². The Labute approximate surface area is 162 Å². The molecule has 0 aromatic heterocycles. The lowest BCUT2D eigenvalue weighted by atomic mass is 9.89. The van der Waals surface area contributed by atoms with E-state index in [4.69, 9.17) is 0 Å². The zero-order valence-corrected chi connectivity index (χ0v) is 16.8. The molecule has 2 amide bonds. The maximum absolute atomic E-state index is 12.9. The summed E-state index contributed by atoms with van der Waals surface area (Å²) in [4.78, 5) is 32.0. The van der Waals surface area contributed by atoms with Crippen LogP contribution in [0.15, 0.2) is 24.3 Å². The molecule has 1 aromatic rings. The van der Waals surface area contributed by atoms with E-state index in [1.807, 2.05) is 19.2 Å². The van der Waals surface area contributed by atoms with Crippen molar-refractivity contribution in [2.75, 3.05) is 56.5 Å². The van der Waals surface area contributed by atoms with Crippen molar-refractivity contribution in [1.82, 2.24) is 9.80 Å². The quantitative estimate of drug-likeness (QED) is 0.825. The fourth-order valence-electron chi connectivity index (χ4n) is 3.70. The minimum absolute atomic E-state index is 0.0990. The molecule has 6 nitrogen and oxygen atoms in total. The number of nitrogens with one attached hydrogen (secondary N) is 1. The van der Waals surface area contributed by atoms with Crippen LogP contribution >= 0.6 is 0 Å². The summed E-state index contributed by atoms with van der Waals surface area (Å²) in [5.41, 5.74) is 0.849. The lowest BCUT2D eigenvalue weighted by Crippen LogP contribution is -2.53. The fourth-order valence-corrected chi connectivity index (χ4v) is 3.70. The van der Waals surface area contributed by atoms with E-state index in [1.54, 1.807) is 18.7 Å². The number of benzene rings is 1. The zero-order valence-electron chi connectivity index (χ0n) is 16.8. The van der Waals surface area contributed by atoms with Crippen molar-refractivity contribution in [3.63, 3.8) is 0 Å². The number of hydrogen-bond acceptors (Lipinski definition) is 4. The van der Waals surface area contributed by atoms with Gasteiger partial charge in [0.1, 0.15) is 5.41 Å². The highest BCUT2D eigenvalue weighted by Crippen LogP contribution is 2.25. The van der Waals surface area contributed by atoms with E-state index in [9.17, 15) is 9.59 Å². The van der Waals surface area contributed by atoms with Gasteiger partial charge in [0.25, 0.3) is 0 Å². The number of nitrogens with zero attached hydrogens (tertiary/aromatic N) is 3. The number of piperazine rings is 1. The standard InChI is InChI=1S/C21H32N4O2/c1-21(2,20(27)25-15-13-23(3)14-16-25)19(26)22-17-7-9-18(10-8-17)24-11-5-4-6-12-24/h7-10H,4-6,11-16H2,1-3H3,(H,22,26). The Morgan fingerprint density at radius 1 is 0.889 bits per heavy atom. The van der Waals surface area contributed by atoms with Crippen molar-refractivity contribution in [3.8, 4) is 0 Å². The lowest BCUT2D eigenvalue weighted by molar-refractivity contribution is -0.147. The molecule has 0 aliphatic carbocycles. The molecule has 6 heteroatoms. The Balaban J connectivity index is 1.60. The minimum atomic E-state index is -1.08. The Kier molecular flexibility index (Phi) is 6.05. The number of likely N-dealkylation sites (N-methyl/N-ethyl adjacent to an activating group) is 1. The number of anilines is 2. The van der Waals surface area contributed by atoms with E-state index in [-0.39, 0.29) is 11.8 Å². The fraction of sp³-hybridized carbons (Fsp3) is 0.619. The second kappa shape index (κ2) is 8.30. The summed E-state index contributed by atoms with van der Waals surface area (Å²) in [6, 6.07) is 7.96. The Hall–Kier alpha value is -2.08. The second-order valence-electron chi connectivity index (χ2n) is 8.27. The van der Waals surface area contributed by atoms with E-state index < -0.39 is 5.41 Å². The highest BCUT2D eigenvalue weighted by Gasteiger charge is 2.39. The van der Waals surface area contributed by atoms with Crippen LogP contribution in [0, 0.1) is 5.41 Å². The number of carbonyl (C=O) groups is 2. The highest BCUT2D eigenvalue weighted by molar-refractivity contribution is 6.09. The third kappa shape index (κ3) is 4.61. The van der Waals surface area contributed by atoms with Gasteiger partial charge in [-0.1, -0.05) is 0 Å². The van der Waals surface area contributed by atoms with Gasteiger partial charge in [0.15, 0.2) is 0 Å². The van der Waals surface area contributed by atoms with Gasteiger partial charge in [-0.15, -0.1) is 0 Å². The van der Waals surface area contributed by atoms with Crippen LogP contribution in [0.4, 0.5) is 11.4 Å². The third-order valence-corrected chi connectivity index (χ3v) is 5.74. The molecular weight excluding hydrogens is 340 g/mol. The van der Waals surface area contributed by atoms with Crippen molar-refractivity contribution in [3.05, 3.63) is 24.3 Å². The smallest absolute Gasteiger partial charge is 0.239 e. The molecule has 0 saturated carbocycles. The number of hydrogen-bond donors (Lipinski definition) is 1. The summed E-state index contributed by atoms with van der Waals surface area (Å²) in [7, 11) is 2.05. The average molecular weight is 373 g/mol. The summed E-state index contributed by atoms with van der Waals surface area (Å²) < 4.78 is 0. The predicted octanol–water partition coefficient (Wildman–Crippen LogP) is 2.42. The van der Waals surface area contributed by atoms with Crippen molar-refractivity contribution in [2.24, 2.45) is 5.41 Å². The molecule has 0 unspecified atom stereocenters. The topological polar surface area (TPSA) is 55.9 Å². The van der Waals surface area contributed by atoms with Crippen LogP contribution < -0.4 is 10.2 Å². The molecule has 0 radical (unpaired) electrons. The second-order valence-corrected chi connectivity index (χ2v) is 8.27. The molecule has 0 spiro atoms. The summed E-state index contributed by atoms with van der Waals surface area (Å²) in [5, 5.41) is 2.93. The first-order valence-corrected chi connectivity index (χ1v) is 10.0. The first kappa shape index (κ1) is 19.7. The van der Waals surface area contributed by atoms with Crippen LogP contribution in [0.5, 0.6) is 0 Å². The predicted molar refractivity (Wildman–Crippen MR) is 109 cm³/mol. The minimum Gasteiger partial charge on any atom is -0.372 e. The first-order valence-electron chi connectivity index (χ1n) is 10.0. The van der Waals surface area contributed by atoms with Gasteiger partial charge in [0, 0.05) is 50.6 Å². The molecular formula is C21H32N4O2. The van der Waals surface area contributed by atoms with Gasteiger partial charge in [-0.05, 0) is 64.4 Å². The molecule has 0 bridgehead atoms. The molecule has 2 aliphatic rings. The van der Waals surface area contributed by atoms with E-state index in [0.29, 0.717) is 13.1 Å². The number of piperidine rings is 1. The van der Waals surface area contributed by atoms with Crippen molar-refractivity contribution in [1.29, 1.82) is 0 Å². The van der Waals surface area contributed by atoms with Crippen LogP contribution in [-0.2, 0) is 9.59 Å². The third-order valence-electron chi connectivity index (χ3n) is 5.74. The van der Waals surface area contributed by atoms with E-state index >= 15 is 0 Å². The number of amides is 2. The maximum Gasteiger partial charge on any atom is 0.239 e. The molecule has 2 heterocycles. The van der Waals surface area contributed by atoms with Gasteiger partial charge in [-0.3, -0.25) is 9.59 Å². The van der Waals surface area contributed by atoms with Crippen molar-refractivity contribution >= 4 is 23.2 Å². The summed E-state index contributed by atoms with van der Waals surface area (Å²) in [6.07, 6.45) is 3.78. The highest BCUT2D eigenvalue weighted by atomic mass is 16.2. The monoisotopic (exact) mass is 372 g/mol. The summed E-state index contributed by atoms with van der Waals surface area (Å²) in [6.45, 7) is 8.67. The Morgan fingerprint density at radius 3 is 2.07 bits per heavy atom. The largest absolute Gasteiger partial charge is 0.372 e. The van der Waals surface area contributed by atoms with Crippen LogP contribution in [0.2, 0.25) is 0 Å². The van der Waals surface area contributed by atoms with Gasteiger partial charge in [0.2, 0.25) is 11.8 Å². The van der Waals surface area contributed by atoms with E-state index in [2.05, 4.69) is 27.2 Å². The Bertz CT molecular complexity index is 657. The SMILES string of the molecule is CN1CCN(C(=O)C(C)(C)C(=O)Nc2ccc(N3CCCCC3)cc2)CC1. The summed E-state index contributed by atoms with van der Waals surface area (Å²) >= 11 is 0. The van der Waals surface area contributed by atoms with Crippen molar-refractivity contribution in [2.45, 2.75) is 33.1 Å². The molecule has 1 N–H and O–H groups in total. The van der Waals surface area contributed by atoms with Crippen LogP contribution in [0.3, 0.4) is 0 Å². The number of carbonyl (C=O) groups excluding carboxylic acids is 2. The van der Waals surface area contributed by atoms with Crippen LogP contribution in [-0.4, -0.2) is 67.9 Å². The van der Waals surface area contributed by atoms with Gasteiger partial charge < -0.3 is 20.0 Å². The molecule has 0 atom stereocenters. The normalized spacial score (nSPS) is 19.1. The average Bonchev–Trinajstić information content (AvgIpc) is 2.69. The van der Waals surface area contributed by atoms with E-state index in [0.717, 1.165) is 31.9 Å². The first-order chi connectivity index (χ1) is 12.9. The molecule has 2 aliphatic heterocycles. The van der Waals surface area contributed by atoms with Crippen molar-refractivity contribution < 1.29 is 9.59 Å². The molecule has 2 saturated heterocycles. The molecule has 27 heavy (non-hydrogen) atoms. The van der Waals surface area contributed by atoms with Gasteiger partial charge in [0.05, 0.1) is 0 Å². The maximum atomic E-state index is 12.9. The van der Waals surface area contributed by atoms with Gasteiger partial charge >= 0.3 is 0 Å². The zero-order chi connectivity index (χ0) is 19.4. The van der Waals surface area contributed by atoms with Gasteiger partial charge in [-0.2, -0.15) is 0 Å². The molecule has 2 fully saturated rings. The molecule has 148 valence electrons. The molecule has 1 aromatic carbocycles. The van der Waals surface area contributed by atoms with Crippen LogP contribution in [0.1, 0.15) is 33.1 Å². The molecule has 3 rings (SSSR count). The Morgan fingerprint density at radius 2 is 1.48 bits per heavy atom. The van der Waals surface area contributed by atoms with E-state index in [1.165, 1.54) is 24.9 Å². The number of rotatable bonds is 4.